The lowest BCUT2D eigenvalue weighted by molar-refractivity contribution is -0.117. The van der Waals surface area contributed by atoms with E-state index in [1.807, 2.05) is 13.8 Å². The molecule has 0 spiro atoms. The molecule has 0 saturated carbocycles. The van der Waals surface area contributed by atoms with Crippen molar-refractivity contribution in [2.24, 2.45) is 0 Å². The predicted molar refractivity (Wildman–Crippen MR) is 75.5 cm³/mol. The molecule has 7 heteroatoms. The summed E-state index contributed by atoms with van der Waals surface area (Å²) in [6.07, 6.45) is 1.43. The number of thioether (sulfide) groups is 1. The number of hydrogen-bond donors (Lipinski definition) is 0. The van der Waals surface area contributed by atoms with Gasteiger partial charge in [-0.15, -0.1) is 21.5 Å². The summed E-state index contributed by atoms with van der Waals surface area (Å²) in [5, 5.41) is 9.57. The summed E-state index contributed by atoms with van der Waals surface area (Å²) in [6.45, 7) is 5.49. The maximum absolute atomic E-state index is 10.8. The van der Waals surface area contributed by atoms with Crippen LogP contribution in [0.4, 0.5) is 0 Å². The van der Waals surface area contributed by atoms with Crippen molar-refractivity contribution in [3.05, 3.63) is 10.7 Å². The van der Waals surface area contributed by atoms with Gasteiger partial charge in [0.05, 0.1) is 10.7 Å². The number of aromatic nitrogens is 3. The molecule has 0 radical (unpaired) electrons. The average Bonchev–Trinajstić information content (AvgIpc) is 2.91. The summed E-state index contributed by atoms with van der Waals surface area (Å²) in [4.78, 5) is 16.1. The molecule has 0 atom stereocenters. The van der Waals surface area contributed by atoms with Crippen LogP contribution in [0.15, 0.2) is 9.64 Å². The summed E-state index contributed by atoms with van der Waals surface area (Å²) in [5.41, 5.74) is 0.916. The lowest BCUT2D eigenvalue weighted by Crippen LogP contribution is -1.90. The molecule has 2 rings (SSSR count). The van der Waals surface area contributed by atoms with E-state index in [-0.39, 0.29) is 5.78 Å². The van der Waals surface area contributed by atoms with Crippen LogP contribution < -0.4 is 0 Å². The lowest BCUT2D eigenvalue weighted by atomic mass is 10.3. The Labute approximate surface area is 119 Å². The molecule has 0 N–H and O–H groups in total. The van der Waals surface area contributed by atoms with E-state index in [4.69, 9.17) is 4.42 Å². The molecule has 0 aromatic carbocycles. The molecule has 0 saturated heterocycles. The van der Waals surface area contributed by atoms with E-state index in [2.05, 4.69) is 15.2 Å². The number of aryl methyl sites for hydroxylation is 2. The van der Waals surface area contributed by atoms with Crippen molar-refractivity contribution >= 4 is 28.9 Å². The van der Waals surface area contributed by atoms with E-state index in [1.165, 1.54) is 11.8 Å². The minimum absolute atomic E-state index is 0.211. The molecule has 0 aliphatic rings. The Morgan fingerprint density at radius 1 is 1.37 bits per heavy atom. The second-order valence-electron chi connectivity index (χ2n) is 4.17. The number of carbonyl (C=O) groups is 1. The zero-order chi connectivity index (χ0) is 13.8. The second-order valence-corrected chi connectivity index (χ2v) is 6.42. The maximum Gasteiger partial charge on any atom is 0.276 e. The Kier molecular flexibility index (Phi) is 4.71. The van der Waals surface area contributed by atoms with Crippen molar-refractivity contribution in [3.8, 4) is 10.8 Å². The minimum atomic E-state index is 0.211. The van der Waals surface area contributed by atoms with Crippen LogP contribution in [0.3, 0.4) is 0 Å². The lowest BCUT2D eigenvalue weighted by Gasteiger charge is -1.94. The highest BCUT2D eigenvalue weighted by Crippen LogP contribution is 2.30. The molecule has 102 valence electrons. The fraction of sp³-hybridized carbons (Fsp3) is 0.500. The third-order valence-electron chi connectivity index (χ3n) is 2.40. The van der Waals surface area contributed by atoms with Crippen LogP contribution in [-0.2, 0) is 4.79 Å². The summed E-state index contributed by atoms with van der Waals surface area (Å²) in [7, 11) is 0. The predicted octanol–water partition coefficient (Wildman–Crippen LogP) is 3.27. The topological polar surface area (TPSA) is 68.9 Å². The van der Waals surface area contributed by atoms with E-state index in [9.17, 15) is 4.79 Å². The molecule has 0 bridgehead atoms. The zero-order valence-electron chi connectivity index (χ0n) is 11.1. The van der Waals surface area contributed by atoms with Crippen molar-refractivity contribution in [1.82, 2.24) is 15.2 Å². The van der Waals surface area contributed by atoms with Crippen LogP contribution in [0.5, 0.6) is 0 Å². The van der Waals surface area contributed by atoms with Crippen LogP contribution in [0.2, 0.25) is 0 Å². The summed E-state index contributed by atoms with van der Waals surface area (Å²) < 4.78 is 5.60. The van der Waals surface area contributed by atoms with Crippen molar-refractivity contribution in [1.29, 1.82) is 0 Å². The number of nitrogens with zero attached hydrogens (tertiary/aromatic N) is 3. The van der Waals surface area contributed by atoms with E-state index in [1.54, 1.807) is 18.3 Å². The largest absolute Gasteiger partial charge is 0.410 e. The van der Waals surface area contributed by atoms with Gasteiger partial charge in [-0.2, -0.15) is 0 Å². The molecular weight excluding hydrogens is 282 g/mol. The van der Waals surface area contributed by atoms with Gasteiger partial charge in [-0.3, -0.25) is 0 Å². The number of thiazole rings is 1. The molecule has 0 amide bonds. The Morgan fingerprint density at radius 3 is 2.79 bits per heavy atom. The van der Waals surface area contributed by atoms with Gasteiger partial charge in [-0.25, -0.2) is 4.98 Å². The summed E-state index contributed by atoms with van der Waals surface area (Å²) in [5.74, 6) is 1.54. The first kappa shape index (κ1) is 14.2. The van der Waals surface area contributed by atoms with Gasteiger partial charge < -0.3 is 9.21 Å². The number of Topliss-reactive ketones (excluding diaryl/α,β-unsaturated/α-hetero) is 1. The van der Waals surface area contributed by atoms with Crippen LogP contribution in [0, 0.1) is 13.8 Å². The van der Waals surface area contributed by atoms with Gasteiger partial charge in [0.2, 0.25) is 0 Å². The summed E-state index contributed by atoms with van der Waals surface area (Å²) in [6, 6.07) is 0. The molecular formula is C12H15N3O2S2. The molecule has 2 heterocycles. The van der Waals surface area contributed by atoms with Crippen LogP contribution in [0.1, 0.15) is 30.5 Å². The monoisotopic (exact) mass is 297 g/mol. The molecule has 0 aliphatic heterocycles. The van der Waals surface area contributed by atoms with Gasteiger partial charge in [-0.05, 0) is 27.2 Å². The maximum atomic E-state index is 10.8. The fourth-order valence-corrected chi connectivity index (χ4v) is 3.11. The molecule has 0 fully saturated rings. The van der Waals surface area contributed by atoms with E-state index in [0.717, 1.165) is 27.8 Å². The van der Waals surface area contributed by atoms with Crippen molar-refractivity contribution < 1.29 is 9.21 Å². The number of rotatable bonds is 6. The normalized spacial score (nSPS) is 10.9. The Bertz CT molecular complexity index is 577. The third-order valence-corrected chi connectivity index (χ3v) is 4.37. The fourth-order valence-electron chi connectivity index (χ4n) is 1.57. The standard InChI is InChI=1S/C12H15N3O2S2/c1-7(16)5-4-6-18-12-15-14-11(17-12)10-8(2)13-9(3)19-10/h4-6H2,1-3H3. The number of ketones is 1. The van der Waals surface area contributed by atoms with Gasteiger partial charge in [0.1, 0.15) is 10.7 Å². The molecule has 5 nitrogen and oxygen atoms in total. The van der Waals surface area contributed by atoms with Crippen LogP contribution >= 0.6 is 23.1 Å². The first-order chi connectivity index (χ1) is 9.06. The van der Waals surface area contributed by atoms with Crippen molar-refractivity contribution in [2.45, 2.75) is 38.8 Å². The quantitative estimate of drug-likeness (QED) is 0.602. The Hall–Kier alpha value is -1.21. The van der Waals surface area contributed by atoms with Gasteiger partial charge >= 0.3 is 0 Å². The highest BCUT2D eigenvalue weighted by atomic mass is 32.2. The molecule has 19 heavy (non-hydrogen) atoms. The van der Waals surface area contributed by atoms with Gasteiger partial charge in [0, 0.05) is 12.2 Å². The third kappa shape index (κ3) is 3.87. The van der Waals surface area contributed by atoms with Gasteiger partial charge in [0.15, 0.2) is 0 Å². The first-order valence-corrected chi connectivity index (χ1v) is 7.76. The number of carbonyl (C=O) groups excluding carboxylic acids is 1. The highest BCUT2D eigenvalue weighted by Gasteiger charge is 2.14. The van der Waals surface area contributed by atoms with Gasteiger partial charge in [0.25, 0.3) is 11.1 Å². The minimum Gasteiger partial charge on any atom is -0.410 e. The smallest absolute Gasteiger partial charge is 0.276 e. The van der Waals surface area contributed by atoms with Crippen molar-refractivity contribution in [3.63, 3.8) is 0 Å². The van der Waals surface area contributed by atoms with E-state index >= 15 is 0 Å². The van der Waals surface area contributed by atoms with E-state index < -0.39 is 0 Å². The highest BCUT2D eigenvalue weighted by molar-refractivity contribution is 7.99. The molecule has 0 aliphatic carbocycles. The molecule has 2 aromatic heterocycles. The average molecular weight is 297 g/mol. The first-order valence-electron chi connectivity index (χ1n) is 5.96. The van der Waals surface area contributed by atoms with Gasteiger partial charge in [-0.1, -0.05) is 11.8 Å². The zero-order valence-corrected chi connectivity index (χ0v) is 12.7. The van der Waals surface area contributed by atoms with E-state index in [0.29, 0.717) is 17.5 Å². The SMILES string of the molecule is CC(=O)CCCSc1nnc(-c2sc(C)nc2C)o1. The molecule has 0 unspecified atom stereocenters. The summed E-state index contributed by atoms with van der Waals surface area (Å²) >= 11 is 3.03. The van der Waals surface area contributed by atoms with Crippen LogP contribution in [0.25, 0.3) is 10.8 Å². The Morgan fingerprint density at radius 2 is 2.16 bits per heavy atom. The second kappa shape index (κ2) is 6.29. The van der Waals surface area contributed by atoms with Crippen molar-refractivity contribution in [2.75, 3.05) is 5.75 Å². The molecule has 2 aromatic rings. The van der Waals surface area contributed by atoms with Crippen LogP contribution in [-0.4, -0.2) is 26.7 Å². The number of hydrogen-bond acceptors (Lipinski definition) is 7. The Balaban J connectivity index is 1.95.